The van der Waals surface area contributed by atoms with Gasteiger partial charge in [-0.15, -0.1) is 0 Å². The molecular weight excluding hydrogens is 271 g/mol. The normalized spacial score (nSPS) is 19.4. The molecular formula is C14H18F3NS. The molecule has 1 atom stereocenters. The van der Waals surface area contributed by atoms with E-state index in [4.69, 9.17) is 5.73 Å². The van der Waals surface area contributed by atoms with Gasteiger partial charge in [-0.25, -0.2) is 0 Å². The Kier molecular flexibility index (Phi) is 4.79. The highest BCUT2D eigenvalue weighted by Crippen LogP contribution is 2.40. The lowest BCUT2D eigenvalue weighted by atomic mass is 9.80. The monoisotopic (exact) mass is 289 g/mol. The predicted molar refractivity (Wildman–Crippen MR) is 73.3 cm³/mol. The summed E-state index contributed by atoms with van der Waals surface area (Å²) >= 11 is 1.87. The van der Waals surface area contributed by atoms with Crippen LogP contribution in [0.5, 0.6) is 0 Å². The average molecular weight is 289 g/mol. The quantitative estimate of drug-likeness (QED) is 0.913. The maximum absolute atomic E-state index is 13.1. The first-order chi connectivity index (χ1) is 9.04. The molecule has 1 heterocycles. The van der Waals surface area contributed by atoms with E-state index in [0.717, 1.165) is 30.4 Å². The fourth-order valence-electron chi connectivity index (χ4n) is 2.77. The van der Waals surface area contributed by atoms with Gasteiger partial charge in [0, 0.05) is 0 Å². The first-order valence-corrected chi connectivity index (χ1v) is 7.63. The van der Waals surface area contributed by atoms with Crippen LogP contribution in [0, 0.1) is 5.92 Å². The van der Waals surface area contributed by atoms with Crippen molar-refractivity contribution in [1.82, 2.24) is 0 Å². The minimum atomic E-state index is -4.30. The number of thioether (sulfide) groups is 1. The number of halogens is 3. The molecule has 1 aromatic rings. The van der Waals surface area contributed by atoms with E-state index in [1.54, 1.807) is 12.1 Å². The van der Waals surface area contributed by atoms with Crippen molar-refractivity contribution in [3.8, 4) is 0 Å². The molecule has 0 bridgehead atoms. The molecule has 106 valence electrons. The summed E-state index contributed by atoms with van der Waals surface area (Å²) in [6, 6.07) is 5.86. The molecule has 0 saturated carbocycles. The summed E-state index contributed by atoms with van der Waals surface area (Å²) in [5.74, 6) is 2.14. The Morgan fingerprint density at radius 2 is 1.84 bits per heavy atom. The minimum Gasteiger partial charge on any atom is -0.330 e. The Morgan fingerprint density at radius 3 is 2.42 bits per heavy atom. The molecule has 0 radical (unpaired) electrons. The van der Waals surface area contributed by atoms with E-state index in [9.17, 15) is 13.2 Å². The Labute approximate surface area is 115 Å². The Hall–Kier alpha value is -0.680. The summed E-state index contributed by atoms with van der Waals surface area (Å²) in [6.07, 6.45) is -2.38. The van der Waals surface area contributed by atoms with Crippen molar-refractivity contribution in [3.05, 3.63) is 35.4 Å². The third-order valence-electron chi connectivity index (χ3n) is 3.75. The maximum Gasteiger partial charge on any atom is 0.416 e. The van der Waals surface area contributed by atoms with Crippen LogP contribution >= 0.6 is 11.8 Å². The van der Waals surface area contributed by atoms with Crippen LogP contribution in [0.15, 0.2) is 24.3 Å². The molecule has 1 nitrogen and oxygen atoms in total. The zero-order valence-electron chi connectivity index (χ0n) is 10.6. The topological polar surface area (TPSA) is 26.0 Å². The first-order valence-electron chi connectivity index (χ1n) is 6.48. The van der Waals surface area contributed by atoms with Crippen LogP contribution in [0.3, 0.4) is 0 Å². The second kappa shape index (κ2) is 6.18. The van der Waals surface area contributed by atoms with Crippen LogP contribution < -0.4 is 5.73 Å². The van der Waals surface area contributed by atoms with E-state index in [1.807, 2.05) is 11.8 Å². The van der Waals surface area contributed by atoms with Crippen LogP contribution in [0.2, 0.25) is 0 Å². The molecule has 1 saturated heterocycles. The fourth-order valence-corrected chi connectivity index (χ4v) is 3.91. The number of benzene rings is 1. The smallest absolute Gasteiger partial charge is 0.330 e. The number of hydrogen-bond donors (Lipinski definition) is 1. The Morgan fingerprint density at radius 1 is 1.21 bits per heavy atom. The third kappa shape index (κ3) is 3.45. The molecule has 1 fully saturated rings. The van der Waals surface area contributed by atoms with E-state index < -0.39 is 11.7 Å². The summed E-state index contributed by atoms with van der Waals surface area (Å²) in [7, 11) is 0. The third-order valence-corrected chi connectivity index (χ3v) is 4.80. The van der Waals surface area contributed by atoms with E-state index in [-0.39, 0.29) is 18.4 Å². The van der Waals surface area contributed by atoms with Crippen LogP contribution in [0.4, 0.5) is 13.2 Å². The molecule has 5 heteroatoms. The molecule has 2 N–H and O–H groups in total. The van der Waals surface area contributed by atoms with Gasteiger partial charge in [0.15, 0.2) is 0 Å². The van der Waals surface area contributed by atoms with Gasteiger partial charge < -0.3 is 5.73 Å². The van der Waals surface area contributed by atoms with Crippen molar-refractivity contribution in [3.63, 3.8) is 0 Å². The van der Waals surface area contributed by atoms with Crippen molar-refractivity contribution < 1.29 is 13.2 Å². The highest BCUT2D eigenvalue weighted by molar-refractivity contribution is 7.99. The molecule has 2 rings (SSSR count). The van der Waals surface area contributed by atoms with Crippen LogP contribution in [-0.4, -0.2) is 18.1 Å². The zero-order chi connectivity index (χ0) is 13.9. The second-order valence-corrected chi connectivity index (χ2v) is 6.10. The minimum absolute atomic E-state index is 0.182. The van der Waals surface area contributed by atoms with Gasteiger partial charge in [0.05, 0.1) is 5.56 Å². The summed E-state index contributed by atoms with van der Waals surface area (Å²) in [5.41, 5.74) is 5.62. The van der Waals surface area contributed by atoms with Crippen LogP contribution in [0.1, 0.15) is 29.9 Å². The van der Waals surface area contributed by atoms with Gasteiger partial charge in [-0.2, -0.15) is 24.9 Å². The standard InChI is InChI=1S/C14H18F3NS/c15-14(16,17)13-4-2-1-3-11(13)12(9-18)10-5-7-19-8-6-10/h1-4,10,12H,5-9,18H2. The van der Waals surface area contributed by atoms with Gasteiger partial charge in [-0.1, -0.05) is 18.2 Å². The molecule has 0 aromatic heterocycles. The van der Waals surface area contributed by atoms with Gasteiger partial charge in [-0.3, -0.25) is 0 Å². The van der Waals surface area contributed by atoms with Crippen molar-refractivity contribution in [2.24, 2.45) is 11.7 Å². The fraction of sp³-hybridized carbons (Fsp3) is 0.571. The molecule has 19 heavy (non-hydrogen) atoms. The largest absolute Gasteiger partial charge is 0.416 e. The summed E-state index contributed by atoms with van der Waals surface area (Å²) in [6.45, 7) is 0.280. The van der Waals surface area contributed by atoms with E-state index in [0.29, 0.717) is 5.56 Å². The van der Waals surface area contributed by atoms with Crippen molar-refractivity contribution in [1.29, 1.82) is 0 Å². The van der Waals surface area contributed by atoms with Crippen molar-refractivity contribution in [2.75, 3.05) is 18.1 Å². The first kappa shape index (κ1) is 14.7. The number of alkyl halides is 3. The molecule has 0 spiro atoms. The van der Waals surface area contributed by atoms with E-state index in [2.05, 4.69) is 0 Å². The molecule has 1 aromatic carbocycles. The SMILES string of the molecule is NCC(c1ccccc1C(F)(F)F)C1CCSCC1. The van der Waals surface area contributed by atoms with E-state index in [1.165, 1.54) is 6.07 Å². The maximum atomic E-state index is 13.1. The van der Waals surface area contributed by atoms with Crippen molar-refractivity contribution >= 4 is 11.8 Å². The summed E-state index contributed by atoms with van der Waals surface area (Å²) in [5, 5.41) is 0. The second-order valence-electron chi connectivity index (χ2n) is 4.88. The summed E-state index contributed by atoms with van der Waals surface area (Å²) < 4.78 is 39.2. The highest BCUT2D eigenvalue weighted by atomic mass is 32.2. The van der Waals surface area contributed by atoms with Crippen LogP contribution in [-0.2, 0) is 6.18 Å². The lowest BCUT2D eigenvalue weighted by Crippen LogP contribution is -2.27. The molecule has 0 aliphatic carbocycles. The van der Waals surface area contributed by atoms with Gasteiger partial charge in [0.25, 0.3) is 0 Å². The lowest BCUT2D eigenvalue weighted by molar-refractivity contribution is -0.138. The molecule has 1 unspecified atom stereocenters. The molecule has 1 aliphatic heterocycles. The van der Waals surface area contributed by atoms with Gasteiger partial charge in [-0.05, 0) is 54.4 Å². The highest BCUT2D eigenvalue weighted by Gasteiger charge is 2.36. The van der Waals surface area contributed by atoms with Crippen LogP contribution in [0.25, 0.3) is 0 Å². The Balaban J connectivity index is 2.32. The predicted octanol–water partition coefficient (Wildman–Crippen LogP) is 3.89. The lowest BCUT2D eigenvalue weighted by Gasteiger charge is -2.31. The van der Waals surface area contributed by atoms with Gasteiger partial charge >= 0.3 is 6.18 Å². The number of nitrogens with two attached hydrogens (primary N) is 1. The number of hydrogen-bond acceptors (Lipinski definition) is 2. The Bertz CT molecular complexity index is 413. The van der Waals surface area contributed by atoms with E-state index >= 15 is 0 Å². The average Bonchev–Trinajstić information content (AvgIpc) is 2.40. The van der Waals surface area contributed by atoms with Gasteiger partial charge in [0.1, 0.15) is 0 Å². The van der Waals surface area contributed by atoms with Crippen molar-refractivity contribution in [2.45, 2.75) is 24.9 Å². The molecule has 1 aliphatic rings. The zero-order valence-corrected chi connectivity index (χ0v) is 11.4. The number of rotatable bonds is 3. The molecule has 0 amide bonds. The summed E-state index contributed by atoms with van der Waals surface area (Å²) in [4.78, 5) is 0. The van der Waals surface area contributed by atoms with Gasteiger partial charge in [0.2, 0.25) is 0 Å².